The van der Waals surface area contributed by atoms with Crippen molar-refractivity contribution in [2.45, 2.75) is 25.3 Å². The van der Waals surface area contributed by atoms with E-state index < -0.39 is 9.84 Å². The van der Waals surface area contributed by atoms with Crippen LogP contribution in [0, 0.1) is 0 Å². The van der Waals surface area contributed by atoms with E-state index in [1.54, 1.807) is 31.3 Å². The van der Waals surface area contributed by atoms with Crippen LogP contribution in [-0.2, 0) is 14.6 Å². The SMILES string of the molecule is CN(C(=O)CCCNC(=O)c1ccc(Cl)cc1)C1CCS(=O)(=O)C1. The van der Waals surface area contributed by atoms with E-state index in [1.807, 2.05) is 0 Å². The summed E-state index contributed by atoms with van der Waals surface area (Å²) in [7, 11) is -1.37. The minimum atomic E-state index is -3.00. The van der Waals surface area contributed by atoms with Gasteiger partial charge in [-0.25, -0.2) is 8.42 Å². The van der Waals surface area contributed by atoms with Crippen molar-refractivity contribution in [1.29, 1.82) is 0 Å². The van der Waals surface area contributed by atoms with Crippen molar-refractivity contribution in [3.8, 4) is 0 Å². The predicted octanol–water partition coefficient (Wildman–Crippen LogP) is 1.50. The molecule has 1 N–H and O–H groups in total. The van der Waals surface area contributed by atoms with Crippen LogP contribution in [0.25, 0.3) is 0 Å². The summed E-state index contributed by atoms with van der Waals surface area (Å²) in [4.78, 5) is 25.5. The molecule has 0 aromatic heterocycles. The Morgan fingerprint density at radius 2 is 1.96 bits per heavy atom. The molecule has 0 aliphatic carbocycles. The van der Waals surface area contributed by atoms with Gasteiger partial charge in [-0.2, -0.15) is 0 Å². The molecule has 1 fully saturated rings. The Hall–Kier alpha value is -1.60. The first kappa shape index (κ1) is 18.7. The number of sulfone groups is 1. The van der Waals surface area contributed by atoms with Gasteiger partial charge in [-0.15, -0.1) is 0 Å². The second-order valence-corrected chi connectivity index (χ2v) is 8.59. The first-order chi connectivity index (χ1) is 11.3. The second kappa shape index (κ2) is 7.98. The van der Waals surface area contributed by atoms with Gasteiger partial charge in [0, 0.05) is 36.6 Å². The molecule has 0 radical (unpaired) electrons. The Bertz CT molecular complexity index is 703. The number of amides is 2. The maximum absolute atomic E-state index is 12.1. The molecule has 1 aliphatic rings. The van der Waals surface area contributed by atoms with E-state index in [2.05, 4.69) is 5.32 Å². The molecule has 132 valence electrons. The van der Waals surface area contributed by atoms with E-state index >= 15 is 0 Å². The first-order valence-electron chi connectivity index (χ1n) is 7.78. The van der Waals surface area contributed by atoms with Crippen LogP contribution < -0.4 is 5.32 Å². The van der Waals surface area contributed by atoms with E-state index in [0.717, 1.165) is 0 Å². The lowest BCUT2D eigenvalue weighted by atomic mass is 10.2. The Morgan fingerprint density at radius 3 is 2.54 bits per heavy atom. The summed E-state index contributed by atoms with van der Waals surface area (Å²) < 4.78 is 22.9. The maximum atomic E-state index is 12.1. The number of nitrogens with one attached hydrogen (secondary N) is 1. The minimum absolute atomic E-state index is 0.0442. The van der Waals surface area contributed by atoms with E-state index in [4.69, 9.17) is 11.6 Å². The standard InChI is InChI=1S/C16H21ClN2O4S/c1-19(14-8-10-24(22,23)11-14)15(20)3-2-9-18-16(21)12-4-6-13(17)7-5-12/h4-7,14H,2-3,8-11H2,1H3,(H,18,21). The van der Waals surface area contributed by atoms with Crippen LogP contribution in [0.4, 0.5) is 0 Å². The molecule has 1 saturated heterocycles. The molecule has 1 heterocycles. The fourth-order valence-corrected chi connectivity index (χ4v) is 4.51. The lowest BCUT2D eigenvalue weighted by Gasteiger charge is -2.23. The zero-order valence-electron chi connectivity index (χ0n) is 13.5. The van der Waals surface area contributed by atoms with Gasteiger partial charge in [0.1, 0.15) is 0 Å². The molecule has 24 heavy (non-hydrogen) atoms. The number of rotatable bonds is 6. The van der Waals surface area contributed by atoms with Gasteiger partial charge >= 0.3 is 0 Å². The van der Waals surface area contributed by atoms with Crippen molar-refractivity contribution >= 4 is 33.3 Å². The fraction of sp³-hybridized carbons (Fsp3) is 0.500. The monoisotopic (exact) mass is 372 g/mol. The molecule has 1 aliphatic heterocycles. The molecule has 6 nitrogen and oxygen atoms in total. The zero-order valence-corrected chi connectivity index (χ0v) is 15.1. The Morgan fingerprint density at radius 1 is 1.29 bits per heavy atom. The summed E-state index contributed by atoms with van der Waals surface area (Å²) >= 11 is 5.77. The van der Waals surface area contributed by atoms with Crippen LogP contribution in [0.2, 0.25) is 5.02 Å². The molecule has 1 aromatic rings. The number of hydrogen-bond acceptors (Lipinski definition) is 4. The minimum Gasteiger partial charge on any atom is -0.352 e. The van der Waals surface area contributed by atoms with Crippen LogP contribution in [0.15, 0.2) is 24.3 Å². The third-order valence-electron chi connectivity index (χ3n) is 4.11. The van der Waals surface area contributed by atoms with Crippen molar-refractivity contribution in [1.82, 2.24) is 10.2 Å². The molecule has 0 bridgehead atoms. The van der Waals surface area contributed by atoms with Crippen LogP contribution >= 0.6 is 11.6 Å². The quantitative estimate of drug-likeness (QED) is 0.767. The average Bonchev–Trinajstić information content (AvgIpc) is 2.91. The molecule has 2 rings (SSSR count). The normalized spacial score (nSPS) is 19.0. The van der Waals surface area contributed by atoms with Gasteiger partial charge in [0.15, 0.2) is 9.84 Å². The number of hydrogen-bond donors (Lipinski definition) is 1. The molecule has 0 saturated carbocycles. The van der Waals surface area contributed by atoms with Crippen molar-refractivity contribution in [2.75, 3.05) is 25.1 Å². The lowest BCUT2D eigenvalue weighted by Crippen LogP contribution is -2.38. The van der Waals surface area contributed by atoms with Gasteiger partial charge in [-0.1, -0.05) is 11.6 Å². The van der Waals surface area contributed by atoms with Crippen LogP contribution in [0.1, 0.15) is 29.6 Å². The third kappa shape index (κ3) is 5.21. The van der Waals surface area contributed by atoms with Crippen molar-refractivity contribution in [3.05, 3.63) is 34.9 Å². The van der Waals surface area contributed by atoms with E-state index in [9.17, 15) is 18.0 Å². The highest BCUT2D eigenvalue weighted by atomic mass is 35.5. The van der Waals surface area contributed by atoms with Gasteiger partial charge in [-0.3, -0.25) is 9.59 Å². The molecule has 1 unspecified atom stereocenters. The summed E-state index contributed by atoms with van der Waals surface area (Å²) in [6, 6.07) is 6.33. The molecule has 1 aromatic carbocycles. The van der Waals surface area contributed by atoms with Crippen LogP contribution in [0.5, 0.6) is 0 Å². The van der Waals surface area contributed by atoms with Gasteiger partial charge in [0.2, 0.25) is 5.91 Å². The van der Waals surface area contributed by atoms with Crippen LogP contribution in [0.3, 0.4) is 0 Å². The summed E-state index contributed by atoms with van der Waals surface area (Å²) in [5.74, 6) is -0.123. The molecule has 8 heteroatoms. The van der Waals surface area contributed by atoms with Crippen molar-refractivity contribution in [2.24, 2.45) is 0 Å². The second-order valence-electron chi connectivity index (χ2n) is 5.93. The van der Waals surface area contributed by atoms with Crippen molar-refractivity contribution in [3.63, 3.8) is 0 Å². The van der Waals surface area contributed by atoms with E-state index in [0.29, 0.717) is 30.0 Å². The Labute approximate surface area is 147 Å². The van der Waals surface area contributed by atoms with Gasteiger partial charge in [-0.05, 0) is 37.1 Å². The molecule has 1 atom stereocenters. The number of benzene rings is 1. The number of halogens is 1. The van der Waals surface area contributed by atoms with Gasteiger partial charge in [0.05, 0.1) is 11.5 Å². The molecular formula is C16H21ClN2O4S. The fourth-order valence-electron chi connectivity index (χ4n) is 2.61. The van der Waals surface area contributed by atoms with Gasteiger partial charge < -0.3 is 10.2 Å². The largest absolute Gasteiger partial charge is 0.352 e. The number of carbonyl (C=O) groups is 2. The van der Waals surface area contributed by atoms with Gasteiger partial charge in [0.25, 0.3) is 5.91 Å². The molecular weight excluding hydrogens is 352 g/mol. The topological polar surface area (TPSA) is 83.6 Å². The van der Waals surface area contributed by atoms with E-state index in [-0.39, 0.29) is 35.8 Å². The summed E-state index contributed by atoms with van der Waals surface area (Å²) in [5.41, 5.74) is 0.513. The number of nitrogens with zero attached hydrogens (tertiary/aromatic N) is 1. The van der Waals surface area contributed by atoms with E-state index in [1.165, 1.54) is 4.90 Å². The summed E-state index contributed by atoms with van der Waals surface area (Å²) in [6.45, 7) is 0.379. The predicted molar refractivity (Wildman–Crippen MR) is 92.8 cm³/mol. The Balaban J connectivity index is 1.71. The highest BCUT2D eigenvalue weighted by Gasteiger charge is 2.32. The first-order valence-corrected chi connectivity index (χ1v) is 9.98. The highest BCUT2D eigenvalue weighted by Crippen LogP contribution is 2.17. The number of carbonyl (C=O) groups excluding carboxylic acids is 2. The average molecular weight is 373 g/mol. The summed E-state index contributed by atoms with van der Waals surface area (Å²) in [6.07, 6.45) is 1.27. The summed E-state index contributed by atoms with van der Waals surface area (Å²) in [5, 5.41) is 3.31. The third-order valence-corrected chi connectivity index (χ3v) is 6.11. The molecule has 0 spiro atoms. The molecule has 2 amide bonds. The Kier molecular flexibility index (Phi) is 6.23. The highest BCUT2D eigenvalue weighted by molar-refractivity contribution is 7.91. The maximum Gasteiger partial charge on any atom is 0.251 e. The lowest BCUT2D eigenvalue weighted by molar-refractivity contribution is -0.131. The smallest absolute Gasteiger partial charge is 0.251 e. The zero-order chi connectivity index (χ0) is 17.7. The van der Waals surface area contributed by atoms with Crippen LogP contribution in [-0.4, -0.2) is 56.3 Å². The van der Waals surface area contributed by atoms with Crippen molar-refractivity contribution < 1.29 is 18.0 Å².